The minimum Gasteiger partial charge on any atom is -0.443 e. The molecule has 5 nitrogen and oxygen atoms in total. The van der Waals surface area contributed by atoms with Crippen LogP contribution in [0.3, 0.4) is 0 Å². The Hall–Kier alpha value is -1.88. The largest absolute Gasteiger partial charge is 0.443 e. The summed E-state index contributed by atoms with van der Waals surface area (Å²) < 4.78 is 5.28. The zero-order valence-corrected chi connectivity index (χ0v) is 11.1. The molecular weight excluding hydrogens is 242 g/mol. The monoisotopic (exact) mass is 259 g/mol. The van der Waals surface area contributed by atoms with Gasteiger partial charge in [0, 0.05) is 36.8 Å². The van der Waals surface area contributed by atoms with Gasteiger partial charge in [0.1, 0.15) is 5.52 Å². The van der Waals surface area contributed by atoms with Gasteiger partial charge in [-0.05, 0) is 12.1 Å². The summed E-state index contributed by atoms with van der Waals surface area (Å²) in [7, 11) is 0. The summed E-state index contributed by atoms with van der Waals surface area (Å²) in [6.07, 6.45) is 1.97. The van der Waals surface area contributed by atoms with Gasteiger partial charge < -0.3 is 14.6 Å². The highest BCUT2D eigenvalue weighted by molar-refractivity contribution is 5.97. The first-order valence-electron chi connectivity index (χ1n) is 6.53. The fourth-order valence-electron chi connectivity index (χ4n) is 2.55. The summed E-state index contributed by atoms with van der Waals surface area (Å²) in [6, 6.07) is 6.27. The van der Waals surface area contributed by atoms with E-state index < -0.39 is 0 Å². The number of carbonyl (C=O) groups excluding carboxylic acids is 1. The Labute approximate surface area is 111 Å². The van der Waals surface area contributed by atoms with Crippen LogP contribution in [0.1, 0.15) is 20.3 Å². The molecule has 1 saturated heterocycles. The van der Waals surface area contributed by atoms with E-state index in [0.717, 1.165) is 11.2 Å². The Morgan fingerprint density at radius 2 is 2.32 bits per heavy atom. The molecular formula is C14H17N3O2. The maximum Gasteiger partial charge on any atom is 0.228 e. The van der Waals surface area contributed by atoms with Gasteiger partial charge in [0.05, 0.1) is 0 Å². The third-order valence-corrected chi connectivity index (χ3v) is 3.32. The minimum atomic E-state index is 0.150. The van der Waals surface area contributed by atoms with Gasteiger partial charge in [0.15, 0.2) is 12.0 Å². The molecule has 0 radical (unpaired) electrons. The van der Waals surface area contributed by atoms with Gasteiger partial charge in [0.2, 0.25) is 5.91 Å². The van der Waals surface area contributed by atoms with E-state index in [-0.39, 0.29) is 11.9 Å². The van der Waals surface area contributed by atoms with Crippen LogP contribution in [0, 0.1) is 0 Å². The second kappa shape index (κ2) is 4.66. The van der Waals surface area contributed by atoms with E-state index in [9.17, 15) is 4.79 Å². The average molecular weight is 259 g/mol. The van der Waals surface area contributed by atoms with Crippen LogP contribution in [0.5, 0.6) is 0 Å². The van der Waals surface area contributed by atoms with Crippen LogP contribution in [-0.2, 0) is 4.79 Å². The van der Waals surface area contributed by atoms with Crippen LogP contribution < -0.4 is 10.2 Å². The summed E-state index contributed by atoms with van der Waals surface area (Å²) in [6.45, 7) is 4.89. The predicted octanol–water partition coefficient (Wildman–Crippen LogP) is 1.93. The Bertz CT molecular complexity index is 606. The molecule has 1 aromatic carbocycles. The Kier molecular flexibility index (Phi) is 2.98. The van der Waals surface area contributed by atoms with Crippen molar-refractivity contribution in [3.63, 3.8) is 0 Å². The van der Waals surface area contributed by atoms with Crippen LogP contribution in [0.15, 0.2) is 29.0 Å². The molecule has 1 aliphatic rings. The van der Waals surface area contributed by atoms with E-state index in [4.69, 9.17) is 4.42 Å². The number of carbonyl (C=O) groups is 1. The van der Waals surface area contributed by atoms with Crippen LogP contribution in [0.25, 0.3) is 11.1 Å². The van der Waals surface area contributed by atoms with Crippen molar-refractivity contribution in [3.8, 4) is 0 Å². The molecule has 2 aromatic rings. The molecule has 1 aromatic heterocycles. The normalized spacial score (nSPS) is 19.8. The fraction of sp³-hybridized carbons (Fsp3) is 0.429. The standard InChI is InChI=1S/C14H17N3O2/c1-9(2)16-10-5-14(18)17(7-10)11-3-4-12-13(6-11)19-8-15-12/h3-4,6,8-10,16H,5,7H2,1-2H3. The molecule has 1 N–H and O–H groups in total. The van der Waals surface area contributed by atoms with Crippen LogP contribution in [0.2, 0.25) is 0 Å². The van der Waals surface area contributed by atoms with Crippen molar-refractivity contribution in [3.05, 3.63) is 24.6 Å². The summed E-state index contributed by atoms with van der Waals surface area (Å²) in [5.41, 5.74) is 2.40. The lowest BCUT2D eigenvalue weighted by Gasteiger charge is -2.18. The molecule has 19 heavy (non-hydrogen) atoms. The smallest absolute Gasteiger partial charge is 0.228 e. The van der Waals surface area contributed by atoms with Crippen molar-refractivity contribution in [2.24, 2.45) is 0 Å². The van der Waals surface area contributed by atoms with Gasteiger partial charge in [-0.25, -0.2) is 4.98 Å². The first-order chi connectivity index (χ1) is 9.13. The molecule has 0 aliphatic carbocycles. The van der Waals surface area contributed by atoms with Gasteiger partial charge in [0.25, 0.3) is 0 Å². The first kappa shape index (κ1) is 12.2. The number of nitrogens with one attached hydrogen (secondary N) is 1. The molecule has 1 unspecified atom stereocenters. The Morgan fingerprint density at radius 3 is 3.11 bits per heavy atom. The number of hydrogen-bond acceptors (Lipinski definition) is 4. The van der Waals surface area contributed by atoms with E-state index in [1.807, 2.05) is 23.1 Å². The van der Waals surface area contributed by atoms with Gasteiger partial charge in [-0.15, -0.1) is 0 Å². The summed E-state index contributed by atoms with van der Waals surface area (Å²) in [5.74, 6) is 0.150. The third kappa shape index (κ3) is 2.33. The summed E-state index contributed by atoms with van der Waals surface area (Å²) in [4.78, 5) is 18.0. The maximum atomic E-state index is 12.1. The second-order valence-electron chi connectivity index (χ2n) is 5.23. The highest BCUT2D eigenvalue weighted by atomic mass is 16.3. The van der Waals surface area contributed by atoms with Crippen molar-refractivity contribution in [2.75, 3.05) is 11.4 Å². The molecule has 0 spiro atoms. The number of fused-ring (bicyclic) bond motifs is 1. The molecule has 3 rings (SSSR count). The highest BCUT2D eigenvalue weighted by Gasteiger charge is 2.30. The molecule has 0 saturated carbocycles. The Morgan fingerprint density at radius 1 is 1.47 bits per heavy atom. The van der Waals surface area contributed by atoms with Crippen molar-refractivity contribution in [1.29, 1.82) is 0 Å². The first-order valence-corrected chi connectivity index (χ1v) is 6.53. The lowest BCUT2D eigenvalue weighted by Crippen LogP contribution is -2.37. The minimum absolute atomic E-state index is 0.150. The molecule has 1 amide bonds. The molecule has 1 fully saturated rings. The lowest BCUT2D eigenvalue weighted by atomic mass is 10.2. The SMILES string of the molecule is CC(C)NC1CC(=O)N(c2ccc3ncoc3c2)C1. The number of hydrogen-bond donors (Lipinski definition) is 1. The number of amides is 1. The summed E-state index contributed by atoms with van der Waals surface area (Å²) >= 11 is 0. The van der Waals surface area contributed by atoms with Crippen molar-refractivity contribution >= 4 is 22.7 Å². The van der Waals surface area contributed by atoms with E-state index in [1.54, 1.807) is 0 Å². The number of aromatic nitrogens is 1. The number of benzene rings is 1. The van der Waals surface area contributed by atoms with E-state index in [0.29, 0.717) is 24.6 Å². The maximum absolute atomic E-state index is 12.1. The second-order valence-corrected chi connectivity index (χ2v) is 5.23. The zero-order chi connectivity index (χ0) is 13.4. The Balaban J connectivity index is 1.83. The highest BCUT2D eigenvalue weighted by Crippen LogP contribution is 2.25. The zero-order valence-electron chi connectivity index (χ0n) is 11.1. The molecule has 5 heteroatoms. The van der Waals surface area contributed by atoms with Crippen LogP contribution in [0.4, 0.5) is 5.69 Å². The van der Waals surface area contributed by atoms with Gasteiger partial charge in [-0.2, -0.15) is 0 Å². The number of anilines is 1. The molecule has 1 aliphatic heterocycles. The quantitative estimate of drug-likeness (QED) is 0.915. The van der Waals surface area contributed by atoms with Crippen molar-refractivity contribution in [2.45, 2.75) is 32.4 Å². The molecule has 0 bridgehead atoms. The van der Waals surface area contributed by atoms with Crippen molar-refractivity contribution < 1.29 is 9.21 Å². The number of oxazole rings is 1. The number of nitrogens with zero attached hydrogens (tertiary/aromatic N) is 2. The van der Waals surface area contributed by atoms with E-state index in [2.05, 4.69) is 24.1 Å². The molecule has 100 valence electrons. The predicted molar refractivity (Wildman–Crippen MR) is 73.0 cm³/mol. The van der Waals surface area contributed by atoms with Crippen LogP contribution >= 0.6 is 0 Å². The number of rotatable bonds is 3. The fourth-order valence-corrected chi connectivity index (χ4v) is 2.55. The molecule has 1 atom stereocenters. The van der Waals surface area contributed by atoms with Gasteiger partial charge in [-0.1, -0.05) is 13.8 Å². The third-order valence-electron chi connectivity index (χ3n) is 3.32. The van der Waals surface area contributed by atoms with E-state index >= 15 is 0 Å². The van der Waals surface area contributed by atoms with E-state index in [1.165, 1.54) is 6.39 Å². The van der Waals surface area contributed by atoms with Gasteiger partial charge in [-0.3, -0.25) is 4.79 Å². The summed E-state index contributed by atoms with van der Waals surface area (Å²) in [5, 5.41) is 3.41. The average Bonchev–Trinajstić information content (AvgIpc) is 2.93. The molecule has 2 heterocycles. The van der Waals surface area contributed by atoms with Crippen molar-refractivity contribution in [1.82, 2.24) is 10.3 Å². The van der Waals surface area contributed by atoms with Crippen LogP contribution in [-0.4, -0.2) is 29.5 Å². The topological polar surface area (TPSA) is 58.4 Å². The van der Waals surface area contributed by atoms with Gasteiger partial charge >= 0.3 is 0 Å². The lowest BCUT2D eigenvalue weighted by molar-refractivity contribution is -0.117.